The van der Waals surface area contributed by atoms with Crippen LogP contribution in [-0.4, -0.2) is 6.18 Å². The Morgan fingerprint density at radius 3 is 2.00 bits per heavy atom. The van der Waals surface area contributed by atoms with Crippen LogP contribution < -0.4 is 10.5 Å². The van der Waals surface area contributed by atoms with Crippen LogP contribution in [0.2, 0.25) is 0 Å². The SMILES string of the molecule is N[C@@H](CC(F)(F)F)c1ccc(Oc2ccccc2)cc1. The summed E-state index contributed by atoms with van der Waals surface area (Å²) in [4.78, 5) is 0. The van der Waals surface area contributed by atoms with Gasteiger partial charge in [-0.1, -0.05) is 30.3 Å². The monoisotopic (exact) mass is 281 g/mol. The average molecular weight is 281 g/mol. The normalized spacial score (nSPS) is 13.0. The van der Waals surface area contributed by atoms with E-state index in [1.165, 1.54) is 0 Å². The van der Waals surface area contributed by atoms with Gasteiger partial charge in [-0.05, 0) is 29.8 Å². The van der Waals surface area contributed by atoms with Crippen LogP contribution in [0.25, 0.3) is 0 Å². The summed E-state index contributed by atoms with van der Waals surface area (Å²) < 4.78 is 42.3. The highest BCUT2D eigenvalue weighted by atomic mass is 19.4. The van der Waals surface area contributed by atoms with Crippen molar-refractivity contribution in [3.8, 4) is 11.5 Å². The second-order valence-electron chi connectivity index (χ2n) is 4.41. The number of ether oxygens (including phenoxy) is 1. The van der Waals surface area contributed by atoms with E-state index in [0.29, 0.717) is 17.1 Å². The summed E-state index contributed by atoms with van der Waals surface area (Å²) in [5, 5.41) is 0. The van der Waals surface area contributed by atoms with Gasteiger partial charge >= 0.3 is 6.18 Å². The lowest BCUT2D eigenvalue weighted by Crippen LogP contribution is -2.20. The summed E-state index contributed by atoms with van der Waals surface area (Å²) >= 11 is 0. The van der Waals surface area contributed by atoms with E-state index < -0.39 is 18.6 Å². The number of nitrogens with two attached hydrogens (primary N) is 1. The number of benzene rings is 2. The quantitative estimate of drug-likeness (QED) is 0.899. The molecular weight excluding hydrogens is 267 g/mol. The van der Waals surface area contributed by atoms with E-state index in [2.05, 4.69) is 0 Å². The summed E-state index contributed by atoms with van der Waals surface area (Å²) in [7, 11) is 0. The van der Waals surface area contributed by atoms with Gasteiger partial charge in [-0.25, -0.2) is 0 Å². The smallest absolute Gasteiger partial charge is 0.390 e. The second-order valence-corrected chi connectivity index (χ2v) is 4.41. The molecule has 0 heterocycles. The lowest BCUT2D eigenvalue weighted by Gasteiger charge is -2.15. The van der Waals surface area contributed by atoms with Crippen LogP contribution in [0.4, 0.5) is 13.2 Å². The number of hydrogen-bond acceptors (Lipinski definition) is 2. The van der Waals surface area contributed by atoms with Crippen molar-refractivity contribution in [2.24, 2.45) is 5.73 Å². The van der Waals surface area contributed by atoms with Gasteiger partial charge < -0.3 is 10.5 Å². The van der Waals surface area contributed by atoms with E-state index in [4.69, 9.17) is 10.5 Å². The van der Waals surface area contributed by atoms with Gasteiger partial charge in [0.2, 0.25) is 0 Å². The van der Waals surface area contributed by atoms with Gasteiger partial charge in [-0.3, -0.25) is 0 Å². The molecule has 0 aliphatic rings. The van der Waals surface area contributed by atoms with E-state index >= 15 is 0 Å². The van der Waals surface area contributed by atoms with Crippen LogP contribution in [0, 0.1) is 0 Å². The topological polar surface area (TPSA) is 35.2 Å². The lowest BCUT2D eigenvalue weighted by molar-refractivity contribution is -0.138. The van der Waals surface area contributed by atoms with Crippen LogP contribution >= 0.6 is 0 Å². The van der Waals surface area contributed by atoms with Crippen LogP contribution in [0.15, 0.2) is 54.6 Å². The summed E-state index contributed by atoms with van der Waals surface area (Å²) in [5.74, 6) is 1.22. The zero-order valence-electron chi connectivity index (χ0n) is 10.6. The molecule has 5 heteroatoms. The minimum atomic E-state index is -4.27. The first-order valence-corrected chi connectivity index (χ1v) is 6.09. The van der Waals surface area contributed by atoms with Crippen molar-refractivity contribution < 1.29 is 17.9 Å². The molecule has 0 amide bonds. The maximum atomic E-state index is 12.3. The van der Waals surface area contributed by atoms with Crippen molar-refractivity contribution in [1.29, 1.82) is 0 Å². The standard InChI is InChI=1S/C15H14F3NO/c16-15(17,18)10-14(19)11-6-8-13(9-7-11)20-12-4-2-1-3-5-12/h1-9,14H,10,19H2/t14-/m0/s1. The molecule has 2 nitrogen and oxygen atoms in total. The molecule has 2 aromatic rings. The molecule has 2 aromatic carbocycles. The Kier molecular flexibility index (Phi) is 4.29. The van der Waals surface area contributed by atoms with E-state index in [-0.39, 0.29) is 0 Å². The Balaban J connectivity index is 2.03. The first-order valence-electron chi connectivity index (χ1n) is 6.09. The molecule has 2 N–H and O–H groups in total. The van der Waals surface area contributed by atoms with Crippen molar-refractivity contribution in [2.45, 2.75) is 18.6 Å². The van der Waals surface area contributed by atoms with Crippen LogP contribution in [0.3, 0.4) is 0 Å². The van der Waals surface area contributed by atoms with Gasteiger partial charge in [-0.2, -0.15) is 13.2 Å². The predicted molar refractivity (Wildman–Crippen MR) is 70.6 cm³/mol. The zero-order valence-corrected chi connectivity index (χ0v) is 10.6. The molecule has 2 rings (SSSR count). The summed E-state index contributed by atoms with van der Waals surface area (Å²) in [6, 6.07) is 14.4. The molecule has 0 radical (unpaired) electrons. The minimum absolute atomic E-state index is 0.433. The first kappa shape index (κ1) is 14.4. The number of para-hydroxylation sites is 1. The van der Waals surface area contributed by atoms with Gasteiger partial charge in [0.05, 0.1) is 6.42 Å². The third-order valence-corrected chi connectivity index (χ3v) is 2.74. The molecule has 0 bridgehead atoms. The lowest BCUT2D eigenvalue weighted by atomic mass is 10.0. The van der Waals surface area contributed by atoms with Gasteiger partial charge in [0.15, 0.2) is 0 Å². The fourth-order valence-corrected chi connectivity index (χ4v) is 1.77. The maximum Gasteiger partial charge on any atom is 0.390 e. The minimum Gasteiger partial charge on any atom is -0.457 e. The summed E-state index contributed by atoms with van der Waals surface area (Å²) in [6.45, 7) is 0. The third-order valence-electron chi connectivity index (χ3n) is 2.74. The van der Waals surface area contributed by atoms with Crippen LogP contribution in [0.1, 0.15) is 18.0 Å². The van der Waals surface area contributed by atoms with Crippen LogP contribution in [-0.2, 0) is 0 Å². The number of rotatable bonds is 4. The molecule has 0 aliphatic carbocycles. The average Bonchev–Trinajstić information content (AvgIpc) is 2.39. The Bertz CT molecular complexity index is 537. The Morgan fingerprint density at radius 2 is 1.45 bits per heavy atom. The third kappa shape index (κ3) is 4.28. The van der Waals surface area contributed by atoms with Gasteiger partial charge in [-0.15, -0.1) is 0 Å². The van der Waals surface area contributed by atoms with Gasteiger partial charge in [0, 0.05) is 6.04 Å². The highest BCUT2D eigenvalue weighted by molar-refractivity contribution is 5.33. The van der Waals surface area contributed by atoms with Gasteiger partial charge in [0.25, 0.3) is 0 Å². The number of hydrogen-bond donors (Lipinski definition) is 1. The molecule has 0 spiro atoms. The predicted octanol–water partition coefficient (Wildman–Crippen LogP) is 4.43. The maximum absolute atomic E-state index is 12.3. The molecule has 0 fully saturated rings. The highest BCUT2D eigenvalue weighted by Crippen LogP contribution is 2.29. The van der Waals surface area contributed by atoms with E-state index in [1.54, 1.807) is 36.4 Å². The van der Waals surface area contributed by atoms with E-state index in [1.807, 2.05) is 18.2 Å². The van der Waals surface area contributed by atoms with Crippen molar-refractivity contribution >= 4 is 0 Å². The van der Waals surface area contributed by atoms with Crippen molar-refractivity contribution in [3.63, 3.8) is 0 Å². The largest absolute Gasteiger partial charge is 0.457 e. The fourth-order valence-electron chi connectivity index (χ4n) is 1.77. The molecule has 106 valence electrons. The molecule has 1 atom stereocenters. The molecule has 0 saturated carbocycles. The van der Waals surface area contributed by atoms with Crippen LogP contribution in [0.5, 0.6) is 11.5 Å². The molecule has 0 aliphatic heterocycles. The first-order chi connectivity index (χ1) is 9.44. The molecule has 20 heavy (non-hydrogen) atoms. The van der Waals surface area contributed by atoms with Gasteiger partial charge in [0.1, 0.15) is 11.5 Å². The second kappa shape index (κ2) is 5.96. The van der Waals surface area contributed by atoms with E-state index in [0.717, 1.165) is 0 Å². The Hall–Kier alpha value is -2.01. The Labute approximate surface area is 115 Å². The molecule has 0 saturated heterocycles. The Morgan fingerprint density at radius 1 is 0.900 bits per heavy atom. The van der Waals surface area contributed by atoms with Crippen molar-refractivity contribution in [2.75, 3.05) is 0 Å². The highest BCUT2D eigenvalue weighted by Gasteiger charge is 2.30. The van der Waals surface area contributed by atoms with Crippen molar-refractivity contribution in [1.82, 2.24) is 0 Å². The number of alkyl halides is 3. The molecule has 0 aromatic heterocycles. The summed E-state index contributed by atoms with van der Waals surface area (Å²) in [5.41, 5.74) is 5.96. The molecular formula is C15H14F3NO. The number of halogens is 3. The summed E-state index contributed by atoms with van der Waals surface area (Å²) in [6.07, 6.45) is -5.30. The molecule has 0 unspecified atom stereocenters. The van der Waals surface area contributed by atoms with Crippen molar-refractivity contribution in [3.05, 3.63) is 60.2 Å². The zero-order chi connectivity index (χ0) is 14.6. The fraction of sp³-hybridized carbons (Fsp3) is 0.200. The van der Waals surface area contributed by atoms with E-state index in [9.17, 15) is 13.2 Å².